The molecular formula is C20H18F3N5O5. The van der Waals surface area contributed by atoms with Crippen molar-refractivity contribution in [2.75, 3.05) is 6.54 Å². The van der Waals surface area contributed by atoms with Crippen molar-refractivity contribution in [2.24, 2.45) is 0 Å². The Balaban J connectivity index is 1.42. The molecule has 1 aliphatic heterocycles. The molecule has 1 aromatic carbocycles. The number of carbonyl (C=O) groups is 2. The standard InChI is InChI=1S/C20H18F3N5O5/c21-20(22,23)33-15-4-1-3-12(7-15)16-9-24-18(32-16)17(29)26-13-8-14(28(10-13)19(30)31)11-27-6-2-5-25-27/h1-7,9,13-14H,8,10-11H2,(H,26,29)(H,30,31). The van der Waals surface area contributed by atoms with Crippen LogP contribution in [0.1, 0.15) is 17.1 Å². The maximum absolute atomic E-state index is 12.6. The number of nitrogens with zero attached hydrogens (tertiary/aromatic N) is 4. The van der Waals surface area contributed by atoms with E-state index in [0.29, 0.717) is 13.0 Å². The van der Waals surface area contributed by atoms with Gasteiger partial charge in [-0.3, -0.25) is 9.48 Å². The van der Waals surface area contributed by atoms with Crippen molar-refractivity contribution in [3.05, 3.63) is 54.8 Å². The molecule has 2 unspecified atom stereocenters. The topological polar surface area (TPSA) is 123 Å². The fourth-order valence-electron chi connectivity index (χ4n) is 3.66. The van der Waals surface area contributed by atoms with Gasteiger partial charge in [0.1, 0.15) is 5.75 Å². The Labute approximate surface area is 184 Å². The van der Waals surface area contributed by atoms with Crippen LogP contribution in [0, 0.1) is 0 Å². The summed E-state index contributed by atoms with van der Waals surface area (Å²) in [5, 5.41) is 16.2. The number of carboxylic acid groups (broad SMARTS) is 1. The molecule has 33 heavy (non-hydrogen) atoms. The van der Waals surface area contributed by atoms with Gasteiger partial charge in [0.05, 0.1) is 18.8 Å². The Hall–Kier alpha value is -4.03. The van der Waals surface area contributed by atoms with Gasteiger partial charge in [0.2, 0.25) is 0 Å². The number of rotatable bonds is 6. The Morgan fingerprint density at radius 2 is 2.12 bits per heavy atom. The molecule has 0 bridgehead atoms. The predicted octanol–water partition coefficient (Wildman–Crippen LogP) is 2.99. The number of ether oxygens (including phenoxy) is 1. The molecular weight excluding hydrogens is 447 g/mol. The summed E-state index contributed by atoms with van der Waals surface area (Å²) in [5.41, 5.74) is 0.237. The molecule has 3 aromatic rings. The van der Waals surface area contributed by atoms with Crippen LogP contribution < -0.4 is 10.1 Å². The molecule has 0 aliphatic carbocycles. The van der Waals surface area contributed by atoms with E-state index in [-0.39, 0.29) is 29.8 Å². The second-order valence-electron chi connectivity index (χ2n) is 7.33. The van der Waals surface area contributed by atoms with Gasteiger partial charge in [-0.2, -0.15) is 5.10 Å². The van der Waals surface area contributed by atoms with Crippen molar-refractivity contribution >= 4 is 12.0 Å². The van der Waals surface area contributed by atoms with Crippen molar-refractivity contribution in [1.82, 2.24) is 25.0 Å². The van der Waals surface area contributed by atoms with E-state index in [4.69, 9.17) is 4.42 Å². The van der Waals surface area contributed by atoms with Gasteiger partial charge in [0, 0.05) is 30.5 Å². The van der Waals surface area contributed by atoms with Crippen LogP contribution in [0.2, 0.25) is 0 Å². The first-order valence-corrected chi connectivity index (χ1v) is 9.78. The van der Waals surface area contributed by atoms with Gasteiger partial charge >= 0.3 is 18.4 Å². The Kier molecular flexibility index (Phi) is 5.94. The molecule has 2 aromatic heterocycles. The lowest BCUT2D eigenvalue weighted by atomic mass is 10.1. The summed E-state index contributed by atoms with van der Waals surface area (Å²) in [4.78, 5) is 29.3. The first kappa shape index (κ1) is 22.2. The zero-order valence-corrected chi connectivity index (χ0v) is 16.9. The van der Waals surface area contributed by atoms with Gasteiger partial charge in [0.15, 0.2) is 5.76 Å². The maximum atomic E-state index is 12.6. The number of benzene rings is 1. The van der Waals surface area contributed by atoms with Crippen LogP contribution in [0.4, 0.5) is 18.0 Å². The normalized spacial score (nSPS) is 18.3. The molecule has 1 aliphatic rings. The fourth-order valence-corrected chi connectivity index (χ4v) is 3.66. The highest BCUT2D eigenvalue weighted by Crippen LogP contribution is 2.28. The average molecular weight is 465 g/mol. The van der Waals surface area contributed by atoms with Crippen molar-refractivity contribution in [1.29, 1.82) is 0 Å². The zero-order chi connectivity index (χ0) is 23.6. The summed E-state index contributed by atoms with van der Waals surface area (Å²) >= 11 is 0. The summed E-state index contributed by atoms with van der Waals surface area (Å²) in [6.45, 7) is 0.419. The van der Waals surface area contributed by atoms with E-state index < -0.39 is 30.2 Å². The highest BCUT2D eigenvalue weighted by molar-refractivity contribution is 5.90. The number of alkyl halides is 3. The smallest absolute Gasteiger partial charge is 0.465 e. The number of aromatic nitrogens is 3. The third-order valence-electron chi connectivity index (χ3n) is 5.00. The molecule has 174 valence electrons. The summed E-state index contributed by atoms with van der Waals surface area (Å²) in [6, 6.07) is 5.93. The summed E-state index contributed by atoms with van der Waals surface area (Å²) in [6.07, 6.45) is -1.07. The first-order chi connectivity index (χ1) is 15.7. The second kappa shape index (κ2) is 8.84. The van der Waals surface area contributed by atoms with E-state index in [2.05, 4.69) is 20.1 Å². The quantitative estimate of drug-likeness (QED) is 0.574. The van der Waals surface area contributed by atoms with Crippen LogP contribution in [-0.2, 0) is 6.54 Å². The Morgan fingerprint density at radius 1 is 1.30 bits per heavy atom. The zero-order valence-electron chi connectivity index (χ0n) is 16.9. The SMILES string of the molecule is O=C(NC1CC(Cn2cccn2)N(C(=O)O)C1)c1ncc(-c2cccc(OC(F)(F)F)c2)o1. The number of hydrogen-bond donors (Lipinski definition) is 2. The Morgan fingerprint density at radius 3 is 2.82 bits per heavy atom. The van der Waals surface area contributed by atoms with Crippen molar-refractivity contribution < 1.29 is 37.0 Å². The Bertz CT molecular complexity index is 1130. The molecule has 2 atom stereocenters. The van der Waals surface area contributed by atoms with Crippen molar-refractivity contribution in [2.45, 2.75) is 31.4 Å². The third kappa shape index (κ3) is 5.42. The molecule has 2 N–H and O–H groups in total. The van der Waals surface area contributed by atoms with Crippen molar-refractivity contribution in [3.8, 4) is 17.1 Å². The van der Waals surface area contributed by atoms with Gasteiger partial charge in [-0.25, -0.2) is 9.78 Å². The summed E-state index contributed by atoms with van der Waals surface area (Å²) in [7, 11) is 0. The second-order valence-corrected chi connectivity index (χ2v) is 7.33. The van der Waals surface area contributed by atoms with Gasteiger partial charge in [-0.15, -0.1) is 13.2 Å². The lowest BCUT2D eigenvalue weighted by Gasteiger charge is -2.20. The van der Waals surface area contributed by atoms with E-state index in [0.717, 1.165) is 12.1 Å². The summed E-state index contributed by atoms with van der Waals surface area (Å²) < 4.78 is 48.2. The third-order valence-corrected chi connectivity index (χ3v) is 5.00. The average Bonchev–Trinajstić information content (AvgIpc) is 3.48. The molecule has 1 saturated heterocycles. The van der Waals surface area contributed by atoms with Gasteiger partial charge in [-0.1, -0.05) is 12.1 Å². The van der Waals surface area contributed by atoms with Gasteiger partial charge in [-0.05, 0) is 24.6 Å². The minimum atomic E-state index is -4.84. The molecule has 3 heterocycles. The van der Waals surface area contributed by atoms with E-state index in [1.54, 1.807) is 23.1 Å². The van der Waals surface area contributed by atoms with E-state index >= 15 is 0 Å². The number of halogens is 3. The number of amides is 2. The molecule has 1 fully saturated rings. The van der Waals surface area contributed by atoms with Crippen LogP contribution in [0.5, 0.6) is 5.75 Å². The van der Waals surface area contributed by atoms with Crippen LogP contribution in [0.15, 0.2) is 53.3 Å². The molecule has 0 spiro atoms. The number of carbonyl (C=O) groups excluding carboxylic acids is 1. The monoisotopic (exact) mass is 465 g/mol. The molecule has 0 radical (unpaired) electrons. The van der Waals surface area contributed by atoms with Gasteiger partial charge in [0.25, 0.3) is 5.89 Å². The van der Waals surface area contributed by atoms with Crippen LogP contribution >= 0.6 is 0 Å². The molecule has 10 nitrogen and oxygen atoms in total. The van der Waals surface area contributed by atoms with Crippen LogP contribution in [0.3, 0.4) is 0 Å². The van der Waals surface area contributed by atoms with E-state index in [1.807, 2.05) is 0 Å². The highest BCUT2D eigenvalue weighted by Gasteiger charge is 2.37. The highest BCUT2D eigenvalue weighted by atomic mass is 19.4. The lowest BCUT2D eigenvalue weighted by molar-refractivity contribution is -0.274. The maximum Gasteiger partial charge on any atom is 0.573 e. The van der Waals surface area contributed by atoms with Gasteiger partial charge < -0.3 is 24.5 Å². The number of oxazole rings is 1. The minimum Gasteiger partial charge on any atom is -0.465 e. The van der Waals surface area contributed by atoms with Crippen molar-refractivity contribution in [3.63, 3.8) is 0 Å². The van der Waals surface area contributed by atoms with Crippen LogP contribution in [-0.4, -0.2) is 61.8 Å². The predicted molar refractivity (Wildman–Crippen MR) is 105 cm³/mol. The minimum absolute atomic E-state index is 0.0721. The molecule has 2 amide bonds. The van der Waals surface area contributed by atoms with Crippen LogP contribution in [0.25, 0.3) is 11.3 Å². The first-order valence-electron chi connectivity index (χ1n) is 9.78. The lowest BCUT2D eigenvalue weighted by Crippen LogP contribution is -2.39. The molecule has 4 rings (SSSR count). The summed E-state index contributed by atoms with van der Waals surface area (Å²) in [5.74, 6) is -1.34. The number of likely N-dealkylation sites (tertiary alicyclic amines) is 1. The largest absolute Gasteiger partial charge is 0.573 e. The van der Waals surface area contributed by atoms with E-state index in [1.165, 1.54) is 23.2 Å². The number of nitrogens with one attached hydrogen (secondary N) is 1. The number of hydrogen-bond acceptors (Lipinski definition) is 6. The van der Waals surface area contributed by atoms with E-state index in [9.17, 15) is 27.9 Å². The molecule has 13 heteroatoms. The fraction of sp³-hybridized carbons (Fsp3) is 0.300. The molecule has 0 saturated carbocycles.